The van der Waals surface area contributed by atoms with Crippen molar-refractivity contribution in [1.82, 2.24) is 0 Å². The van der Waals surface area contributed by atoms with E-state index in [1.807, 2.05) is 6.92 Å². The molecule has 0 saturated heterocycles. The minimum Gasteiger partial charge on any atom is -0.462 e. The quantitative estimate of drug-likeness (QED) is 0.415. The number of carbonyl (C=O) groups is 3. The van der Waals surface area contributed by atoms with E-state index in [2.05, 4.69) is 5.32 Å². The molecule has 150 valence electrons. The number of amides is 2. The van der Waals surface area contributed by atoms with Gasteiger partial charge in [0.2, 0.25) is 0 Å². The average molecular weight is 417 g/mol. The second-order valence-electron chi connectivity index (χ2n) is 6.30. The second-order valence-corrected chi connectivity index (χ2v) is 6.68. The predicted molar refractivity (Wildman–Crippen MR) is 107 cm³/mol. The van der Waals surface area contributed by atoms with E-state index in [-0.39, 0.29) is 16.4 Å². The van der Waals surface area contributed by atoms with E-state index in [4.69, 9.17) is 16.3 Å². The highest BCUT2D eigenvalue weighted by Gasteiger charge is 2.39. The third-order valence-corrected chi connectivity index (χ3v) is 4.58. The van der Waals surface area contributed by atoms with E-state index in [0.717, 1.165) is 17.7 Å². The van der Waals surface area contributed by atoms with Crippen molar-refractivity contribution < 1.29 is 23.5 Å². The molecule has 0 atom stereocenters. The Morgan fingerprint density at radius 2 is 1.72 bits per heavy atom. The van der Waals surface area contributed by atoms with Crippen LogP contribution in [-0.4, -0.2) is 24.4 Å². The maximum absolute atomic E-state index is 13.0. The number of imide groups is 1. The zero-order valence-corrected chi connectivity index (χ0v) is 16.3. The number of benzene rings is 2. The molecule has 0 aliphatic carbocycles. The molecule has 3 rings (SSSR count). The molecular weight excluding hydrogens is 399 g/mol. The number of halogens is 2. The van der Waals surface area contributed by atoms with Crippen molar-refractivity contribution in [3.63, 3.8) is 0 Å². The number of nitrogens with one attached hydrogen (secondary N) is 1. The first-order valence-corrected chi connectivity index (χ1v) is 9.38. The van der Waals surface area contributed by atoms with Crippen LogP contribution in [0.25, 0.3) is 0 Å². The normalized spacial score (nSPS) is 13.8. The lowest BCUT2D eigenvalue weighted by atomic mass is 10.2. The summed E-state index contributed by atoms with van der Waals surface area (Å²) in [5, 5.41) is 2.48. The first-order valence-electron chi connectivity index (χ1n) is 9.00. The molecule has 2 amide bonds. The van der Waals surface area contributed by atoms with E-state index in [1.54, 1.807) is 0 Å². The molecule has 2 aromatic carbocycles. The summed E-state index contributed by atoms with van der Waals surface area (Å²) >= 11 is 6.06. The topological polar surface area (TPSA) is 75.7 Å². The average Bonchev–Trinajstić information content (AvgIpc) is 2.93. The van der Waals surface area contributed by atoms with Crippen molar-refractivity contribution in [1.29, 1.82) is 0 Å². The lowest BCUT2D eigenvalue weighted by molar-refractivity contribution is -0.120. The summed E-state index contributed by atoms with van der Waals surface area (Å²) < 4.78 is 18.2. The van der Waals surface area contributed by atoms with Crippen molar-refractivity contribution in [2.75, 3.05) is 16.8 Å². The van der Waals surface area contributed by atoms with Crippen LogP contribution in [0.2, 0.25) is 0 Å². The van der Waals surface area contributed by atoms with Gasteiger partial charge in [0, 0.05) is 5.69 Å². The van der Waals surface area contributed by atoms with Crippen LogP contribution in [0.3, 0.4) is 0 Å². The number of carbonyl (C=O) groups excluding carboxylic acids is 3. The number of rotatable bonds is 7. The maximum Gasteiger partial charge on any atom is 0.338 e. The van der Waals surface area contributed by atoms with Gasteiger partial charge in [0.05, 0.1) is 17.9 Å². The highest BCUT2D eigenvalue weighted by molar-refractivity contribution is 6.53. The fraction of sp³-hybridized carbons (Fsp3) is 0.190. The molecule has 1 N–H and O–H groups in total. The highest BCUT2D eigenvalue weighted by atomic mass is 35.5. The van der Waals surface area contributed by atoms with Gasteiger partial charge in [-0.05, 0) is 55.0 Å². The molecule has 2 aromatic rings. The number of nitrogens with zero attached hydrogens (tertiary/aromatic N) is 1. The maximum atomic E-state index is 13.0. The molecule has 0 fully saturated rings. The van der Waals surface area contributed by atoms with Crippen LogP contribution in [0.15, 0.2) is 59.3 Å². The Balaban J connectivity index is 1.75. The van der Waals surface area contributed by atoms with Gasteiger partial charge in [-0.3, -0.25) is 9.59 Å². The van der Waals surface area contributed by atoms with Crippen LogP contribution in [0.5, 0.6) is 0 Å². The van der Waals surface area contributed by atoms with E-state index in [0.29, 0.717) is 17.9 Å². The van der Waals surface area contributed by atoms with Crippen molar-refractivity contribution in [3.8, 4) is 0 Å². The smallest absolute Gasteiger partial charge is 0.338 e. The summed E-state index contributed by atoms with van der Waals surface area (Å²) in [5.41, 5.74) is 0.880. The molecule has 6 nitrogen and oxygen atoms in total. The molecule has 1 heterocycles. The van der Waals surface area contributed by atoms with Gasteiger partial charge >= 0.3 is 5.97 Å². The second kappa shape index (κ2) is 8.87. The lowest BCUT2D eigenvalue weighted by Gasteiger charge is -2.15. The first-order chi connectivity index (χ1) is 13.9. The van der Waals surface area contributed by atoms with Crippen molar-refractivity contribution in [2.45, 2.75) is 19.8 Å². The fourth-order valence-electron chi connectivity index (χ4n) is 2.66. The molecule has 1 aliphatic heterocycles. The van der Waals surface area contributed by atoms with Crippen LogP contribution >= 0.6 is 11.6 Å². The van der Waals surface area contributed by atoms with Crippen LogP contribution in [0.1, 0.15) is 30.1 Å². The van der Waals surface area contributed by atoms with Crippen molar-refractivity contribution >= 4 is 40.8 Å². The van der Waals surface area contributed by atoms with Gasteiger partial charge in [0.15, 0.2) is 0 Å². The standard InChI is InChI=1S/C21H18ClFN2O4/c1-2-3-12-29-21(28)13-4-10-16(11-5-13)25-19(26)17(22)18(20(25)27)24-15-8-6-14(23)7-9-15/h4-11,24H,2-3,12H2,1H3. The molecule has 0 saturated carbocycles. The van der Waals surface area contributed by atoms with Gasteiger partial charge in [0.25, 0.3) is 11.8 Å². The Hall–Kier alpha value is -3.19. The molecule has 8 heteroatoms. The summed E-state index contributed by atoms with van der Waals surface area (Å²) in [6, 6.07) is 11.2. The van der Waals surface area contributed by atoms with Crippen molar-refractivity contribution in [3.05, 3.63) is 70.6 Å². The Kier molecular flexibility index (Phi) is 6.29. The Bertz CT molecular complexity index is 971. The Labute approximate surface area is 171 Å². The number of ether oxygens (including phenoxy) is 1. The molecule has 1 aliphatic rings. The molecule has 29 heavy (non-hydrogen) atoms. The minimum absolute atomic E-state index is 0.105. The van der Waals surface area contributed by atoms with Gasteiger partial charge in [-0.15, -0.1) is 0 Å². The summed E-state index contributed by atoms with van der Waals surface area (Å²) in [6.07, 6.45) is 1.68. The van der Waals surface area contributed by atoms with Gasteiger partial charge < -0.3 is 10.1 Å². The monoisotopic (exact) mass is 416 g/mol. The van der Waals surface area contributed by atoms with Gasteiger partial charge in [-0.2, -0.15) is 0 Å². The van der Waals surface area contributed by atoms with Gasteiger partial charge in [-0.25, -0.2) is 14.1 Å². The molecular formula is C21H18ClFN2O4. The first kappa shape index (κ1) is 20.5. The largest absolute Gasteiger partial charge is 0.462 e. The molecule has 0 aromatic heterocycles. The third-order valence-electron chi connectivity index (χ3n) is 4.23. The summed E-state index contributed by atoms with van der Waals surface area (Å²) in [6.45, 7) is 2.32. The number of hydrogen-bond acceptors (Lipinski definition) is 5. The molecule has 0 unspecified atom stereocenters. The zero-order chi connectivity index (χ0) is 21.0. The van der Waals surface area contributed by atoms with E-state index in [1.165, 1.54) is 48.5 Å². The minimum atomic E-state index is -0.695. The SMILES string of the molecule is CCCCOC(=O)c1ccc(N2C(=O)C(Cl)=C(Nc3ccc(F)cc3)C2=O)cc1. The fourth-order valence-corrected chi connectivity index (χ4v) is 2.88. The summed E-state index contributed by atoms with van der Waals surface area (Å²) in [5.74, 6) is -2.25. The Morgan fingerprint density at radius 1 is 1.07 bits per heavy atom. The molecule has 0 radical (unpaired) electrons. The van der Waals surface area contributed by atoms with Crippen molar-refractivity contribution in [2.24, 2.45) is 0 Å². The summed E-state index contributed by atoms with van der Waals surface area (Å²) in [7, 11) is 0. The number of anilines is 2. The van der Waals surface area contributed by atoms with Crippen LogP contribution in [0, 0.1) is 5.82 Å². The van der Waals surface area contributed by atoms with Gasteiger partial charge in [-0.1, -0.05) is 24.9 Å². The zero-order valence-electron chi connectivity index (χ0n) is 15.6. The number of unbranched alkanes of at least 4 members (excludes halogenated alkanes) is 1. The molecule has 0 spiro atoms. The van der Waals surface area contributed by atoms with E-state index in [9.17, 15) is 18.8 Å². The molecule has 0 bridgehead atoms. The number of hydrogen-bond donors (Lipinski definition) is 1. The summed E-state index contributed by atoms with van der Waals surface area (Å²) in [4.78, 5) is 38.1. The lowest BCUT2D eigenvalue weighted by Crippen LogP contribution is -2.32. The predicted octanol–water partition coefficient (Wildman–Crippen LogP) is 4.22. The van der Waals surface area contributed by atoms with E-state index < -0.39 is 23.6 Å². The van der Waals surface area contributed by atoms with Crippen LogP contribution in [0.4, 0.5) is 15.8 Å². The third kappa shape index (κ3) is 4.46. The van der Waals surface area contributed by atoms with Crippen LogP contribution < -0.4 is 10.2 Å². The van der Waals surface area contributed by atoms with Crippen LogP contribution in [-0.2, 0) is 14.3 Å². The Morgan fingerprint density at radius 3 is 2.34 bits per heavy atom. The van der Waals surface area contributed by atoms with E-state index >= 15 is 0 Å². The highest BCUT2D eigenvalue weighted by Crippen LogP contribution is 2.30. The van der Waals surface area contributed by atoms with Gasteiger partial charge in [0.1, 0.15) is 16.5 Å². The number of esters is 1.